The van der Waals surface area contributed by atoms with Gasteiger partial charge < -0.3 is 19.7 Å². The smallest absolute Gasteiger partial charge is 0.127 e. The summed E-state index contributed by atoms with van der Waals surface area (Å²) in [4.78, 5) is 0. The molecule has 27 heavy (non-hydrogen) atoms. The van der Waals surface area contributed by atoms with Crippen molar-refractivity contribution in [2.24, 2.45) is 0 Å². The minimum Gasteiger partial charge on any atom is -0.496 e. The Bertz CT molecular complexity index is 779. The van der Waals surface area contributed by atoms with Gasteiger partial charge in [-0.25, -0.2) is 0 Å². The first-order valence-corrected chi connectivity index (χ1v) is 9.90. The molecule has 2 aromatic carbocycles. The second kappa shape index (κ2) is 7.91. The summed E-state index contributed by atoms with van der Waals surface area (Å²) >= 11 is 0. The summed E-state index contributed by atoms with van der Waals surface area (Å²) in [5, 5.41) is 19.4. The minimum atomic E-state index is -0.799. The molecular formula is C23H28O4. The fraction of sp³-hybridized carbons (Fsp3) is 0.478. The monoisotopic (exact) mass is 368 g/mol. The zero-order valence-electron chi connectivity index (χ0n) is 15.9. The topological polar surface area (TPSA) is 58.9 Å². The van der Waals surface area contributed by atoms with Crippen molar-refractivity contribution in [2.45, 2.75) is 56.7 Å². The number of methoxy groups -OCH3 is 1. The number of fused-ring (bicyclic) bond motifs is 2. The number of benzene rings is 2. The number of aliphatic hydroxyl groups is 2. The lowest BCUT2D eigenvalue weighted by Crippen LogP contribution is -2.25. The van der Waals surface area contributed by atoms with Crippen molar-refractivity contribution in [1.29, 1.82) is 0 Å². The van der Waals surface area contributed by atoms with Gasteiger partial charge in [0.05, 0.1) is 19.8 Å². The van der Waals surface area contributed by atoms with Crippen LogP contribution in [0.25, 0.3) is 0 Å². The lowest BCUT2D eigenvalue weighted by atomic mass is 9.66. The molecule has 5 rings (SSSR count). The molecule has 2 aromatic rings. The second-order valence-electron chi connectivity index (χ2n) is 7.76. The van der Waals surface area contributed by atoms with Gasteiger partial charge in [0, 0.05) is 23.1 Å². The van der Waals surface area contributed by atoms with E-state index in [1.165, 1.54) is 36.8 Å². The Hall–Kier alpha value is -2.04. The van der Waals surface area contributed by atoms with Crippen LogP contribution in [0.4, 0.5) is 0 Å². The number of hydrogen-bond donors (Lipinski definition) is 2. The van der Waals surface area contributed by atoms with Crippen LogP contribution in [-0.4, -0.2) is 30.0 Å². The molecule has 1 saturated carbocycles. The molecule has 0 amide bonds. The Morgan fingerprint density at radius 2 is 1.70 bits per heavy atom. The lowest BCUT2D eigenvalue weighted by molar-refractivity contribution is 0.0945. The van der Waals surface area contributed by atoms with Crippen LogP contribution < -0.4 is 9.47 Å². The first-order valence-electron chi connectivity index (χ1n) is 9.90. The predicted octanol–water partition coefficient (Wildman–Crippen LogP) is 3.92. The highest BCUT2D eigenvalue weighted by atomic mass is 16.5. The molecule has 0 heterocycles. The molecule has 1 fully saturated rings. The van der Waals surface area contributed by atoms with Crippen molar-refractivity contribution in [3.63, 3.8) is 0 Å². The molecular weight excluding hydrogens is 340 g/mol. The lowest BCUT2D eigenvalue weighted by Gasteiger charge is -2.40. The molecule has 3 aliphatic carbocycles. The van der Waals surface area contributed by atoms with Gasteiger partial charge >= 0.3 is 0 Å². The van der Waals surface area contributed by atoms with Crippen molar-refractivity contribution in [2.75, 3.05) is 13.7 Å². The fourth-order valence-corrected chi connectivity index (χ4v) is 4.77. The fourth-order valence-electron chi connectivity index (χ4n) is 4.77. The van der Waals surface area contributed by atoms with Crippen LogP contribution in [0.1, 0.15) is 59.8 Å². The second-order valence-corrected chi connectivity index (χ2v) is 7.76. The zero-order chi connectivity index (χ0) is 18.8. The summed E-state index contributed by atoms with van der Waals surface area (Å²) in [6.45, 7) is 0.239. The van der Waals surface area contributed by atoms with Gasteiger partial charge in [-0.1, -0.05) is 30.3 Å². The van der Waals surface area contributed by atoms with Crippen molar-refractivity contribution in [3.8, 4) is 11.5 Å². The maximum Gasteiger partial charge on any atom is 0.127 e. The molecule has 2 N–H and O–H groups in total. The van der Waals surface area contributed by atoms with E-state index in [0.717, 1.165) is 22.6 Å². The van der Waals surface area contributed by atoms with Gasteiger partial charge in [-0.2, -0.15) is 0 Å². The minimum absolute atomic E-state index is 0.260. The molecule has 4 heteroatoms. The maximum absolute atomic E-state index is 10.1. The average Bonchev–Trinajstić information content (AvgIpc) is 2.73. The van der Waals surface area contributed by atoms with Crippen molar-refractivity contribution >= 4 is 0 Å². The number of hydrogen-bond acceptors (Lipinski definition) is 4. The van der Waals surface area contributed by atoms with Crippen LogP contribution in [0, 0.1) is 0 Å². The van der Waals surface area contributed by atoms with Crippen LogP contribution in [0.5, 0.6) is 11.5 Å². The number of ether oxygens (including phenoxy) is 2. The van der Waals surface area contributed by atoms with E-state index in [1.54, 1.807) is 7.11 Å². The molecule has 1 unspecified atom stereocenters. The van der Waals surface area contributed by atoms with Crippen molar-refractivity contribution < 1.29 is 19.7 Å². The van der Waals surface area contributed by atoms with Crippen LogP contribution in [0.3, 0.4) is 0 Å². The predicted molar refractivity (Wildman–Crippen MR) is 105 cm³/mol. The van der Waals surface area contributed by atoms with E-state index in [4.69, 9.17) is 9.47 Å². The largest absolute Gasteiger partial charge is 0.496 e. The molecule has 0 aromatic heterocycles. The summed E-state index contributed by atoms with van der Waals surface area (Å²) in [6.07, 6.45) is 4.37. The normalized spacial score (nSPS) is 21.6. The first-order chi connectivity index (χ1) is 13.2. The van der Waals surface area contributed by atoms with Crippen molar-refractivity contribution in [3.05, 3.63) is 58.7 Å². The molecule has 3 aliphatic rings. The number of rotatable bonds is 7. The summed E-state index contributed by atoms with van der Waals surface area (Å²) in [5.74, 6) is 2.84. The molecule has 4 nitrogen and oxygen atoms in total. The van der Waals surface area contributed by atoms with Crippen LogP contribution >= 0.6 is 0 Å². The molecule has 0 saturated heterocycles. The summed E-state index contributed by atoms with van der Waals surface area (Å²) < 4.78 is 12.1. The molecule has 144 valence electrons. The van der Waals surface area contributed by atoms with Crippen molar-refractivity contribution in [1.82, 2.24) is 0 Å². The summed E-state index contributed by atoms with van der Waals surface area (Å²) in [6, 6.07) is 12.2. The highest BCUT2D eigenvalue weighted by molar-refractivity contribution is 5.59. The third-order valence-corrected chi connectivity index (χ3v) is 6.05. The third kappa shape index (κ3) is 3.56. The van der Waals surface area contributed by atoms with Gasteiger partial charge in [0.1, 0.15) is 18.1 Å². The van der Waals surface area contributed by atoms with E-state index in [-0.39, 0.29) is 6.61 Å². The third-order valence-electron chi connectivity index (χ3n) is 6.05. The van der Waals surface area contributed by atoms with Gasteiger partial charge in [0.2, 0.25) is 0 Å². The van der Waals surface area contributed by atoms with E-state index < -0.39 is 6.10 Å². The highest BCUT2D eigenvalue weighted by Gasteiger charge is 2.38. The average molecular weight is 368 g/mol. The molecule has 0 aliphatic heterocycles. The Morgan fingerprint density at radius 3 is 2.33 bits per heavy atom. The Balaban J connectivity index is 1.77. The quantitative estimate of drug-likeness (QED) is 0.778. The summed E-state index contributed by atoms with van der Waals surface area (Å²) in [7, 11) is 1.72. The van der Waals surface area contributed by atoms with Gasteiger partial charge in [-0.3, -0.25) is 0 Å². The highest BCUT2D eigenvalue weighted by Crippen LogP contribution is 2.56. The van der Waals surface area contributed by atoms with Crippen LogP contribution in [0.15, 0.2) is 36.4 Å². The van der Waals surface area contributed by atoms with Gasteiger partial charge in [-0.15, -0.1) is 0 Å². The molecule has 0 spiro atoms. The van der Waals surface area contributed by atoms with Gasteiger partial charge in [-0.05, 0) is 49.1 Å². The standard InChI is InChI=1S/C23H28O4/c1-26-20-12-18(11-19(25)13-24)23(27-14-15-5-3-2-4-6-15)22-17-9-7-16(8-10-17)21(20)22/h2-6,12,16-17,19,24-25H,7-11,13-14H2,1H3. The van der Waals surface area contributed by atoms with Crippen LogP contribution in [-0.2, 0) is 13.0 Å². The Labute approximate surface area is 160 Å². The number of aliphatic hydroxyl groups excluding tert-OH is 2. The van der Waals surface area contributed by atoms with Gasteiger partial charge in [0.25, 0.3) is 0 Å². The molecule has 2 bridgehead atoms. The zero-order valence-corrected chi connectivity index (χ0v) is 15.9. The van der Waals surface area contributed by atoms with Gasteiger partial charge in [0.15, 0.2) is 0 Å². The van der Waals surface area contributed by atoms with E-state index >= 15 is 0 Å². The summed E-state index contributed by atoms with van der Waals surface area (Å²) in [5.41, 5.74) is 4.64. The van der Waals surface area contributed by atoms with E-state index in [1.807, 2.05) is 24.3 Å². The SMILES string of the molecule is COc1cc(CC(O)CO)c(OCc2ccccc2)c2c1C1CCC2CC1. The molecule has 1 atom stereocenters. The molecule has 0 radical (unpaired) electrons. The van der Waals surface area contributed by atoms with E-state index in [9.17, 15) is 10.2 Å². The van der Waals surface area contributed by atoms with Crippen LogP contribution in [0.2, 0.25) is 0 Å². The first kappa shape index (κ1) is 18.3. The van der Waals surface area contributed by atoms with E-state index in [2.05, 4.69) is 12.1 Å². The maximum atomic E-state index is 10.1. The Kier molecular flexibility index (Phi) is 5.37. The van der Waals surface area contributed by atoms with E-state index in [0.29, 0.717) is 24.9 Å². The Morgan fingerprint density at radius 1 is 1.04 bits per heavy atom.